The van der Waals surface area contributed by atoms with Crippen LogP contribution in [0.1, 0.15) is 29.6 Å². The summed E-state index contributed by atoms with van der Waals surface area (Å²) in [4.78, 5) is 23.8. The summed E-state index contributed by atoms with van der Waals surface area (Å²) < 4.78 is 38.7. The maximum absolute atomic E-state index is 13.1. The summed E-state index contributed by atoms with van der Waals surface area (Å²) in [6, 6.07) is 10.6. The van der Waals surface area contributed by atoms with Gasteiger partial charge >= 0.3 is 5.97 Å². The van der Waals surface area contributed by atoms with Crippen LogP contribution in [0.3, 0.4) is 0 Å². The van der Waals surface area contributed by atoms with Crippen molar-refractivity contribution < 1.29 is 32.6 Å². The van der Waals surface area contributed by atoms with Crippen LogP contribution in [-0.2, 0) is 14.8 Å². The Balaban J connectivity index is 1.39. The average molecular weight is 461 g/mol. The maximum atomic E-state index is 13.1. The van der Waals surface area contributed by atoms with Crippen LogP contribution < -0.4 is 14.8 Å². The highest BCUT2D eigenvalue weighted by Crippen LogP contribution is 2.34. The van der Waals surface area contributed by atoms with E-state index < -0.39 is 16.0 Å². The lowest BCUT2D eigenvalue weighted by atomic mass is 9.97. The van der Waals surface area contributed by atoms with E-state index >= 15 is 0 Å². The highest BCUT2D eigenvalue weighted by molar-refractivity contribution is 7.89. The van der Waals surface area contributed by atoms with Gasteiger partial charge in [-0.25, -0.2) is 13.2 Å². The van der Waals surface area contributed by atoms with E-state index in [1.807, 2.05) is 0 Å². The lowest BCUT2D eigenvalue weighted by molar-refractivity contribution is -0.120. The second-order valence-corrected chi connectivity index (χ2v) is 9.65. The molecule has 0 bridgehead atoms. The van der Waals surface area contributed by atoms with E-state index in [9.17, 15) is 18.0 Å². The first-order valence-corrected chi connectivity index (χ1v) is 11.8. The van der Waals surface area contributed by atoms with Crippen molar-refractivity contribution in [2.24, 2.45) is 5.92 Å². The molecule has 1 amide bonds. The van der Waals surface area contributed by atoms with Crippen LogP contribution in [0.25, 0.3) is 0 Å². The second kappa shape index (κ2) is 9.17. The molecule has 32 heavy (non-hydrogen) atoms. The SMILES string of the molecule is O=C(O)c1cccc(NC(=O)C2CCN(S(=O)(=O)c3ccc4c(c3)OCCCO4)CC2)c1. The molecule has 2 aliphatic rings. The first-order valence-electron chi connectivity index (χ1n) is 10.4. The van der Waals surface area contributed by atoms with E-state index in [-0.39, 0.29) is 35.4 Å². The largest absolute Gasteiger partial charge is 0.490 e. The molecule has 10 heteroatoms. The zero-order chi connectivity index (χ0) is 22.7. The van der Waals surface area contributed by atoms with Gasteiger partial charge in [-0.3, -0.25) is 4.79 Å². The van der Waals surface area contributed by atoms with Crippen LogP contribution in [0, 0.1) is 5.92 Å². The molecule has 0 unspecified atom stereocenters. The number of fused-ring (bicyclic) bond motifs is 1. The number of sulfonamides is 1. The van der Waals surface area contributed by atoms with Gasteiger partial charge in [0.1, 0.15) is 0 Å². The average Bonchev–Trinajstić information content (AvgIpc) is 3.04. The number of benzene rings is 2. The third-order valence-electron chi connectivity index (χ3n) is 5.56. The number of carboxylic acid groups (broad SMARTS) is 1. The van der Waals surface area contributed by atoms with Crippen LogP contribution in [0.5, 0.6) is 11.5 Å². The number of piperidine rings is 1. The quantitative estimate of drug-likeness (QED) is 0.703. The van der Waals surface area contributed by atoms with Crippen molar-refractivity contribution in [1.82, 2.24) is 4.31 Å². The predicted molar refractivity (Wildman–Crippen MR) is 116 cm³/mol. The zero-order valence-electron chi connectivity index (χ0n) is 17.3. The summed E-state index contributed by atoms with van der Waals surface area (Å²) in [5.41, 5.74) is 0.482. The molecule has 2 heterocycles. The van der Waals surface area contributed by atoms with Crippen molar-refractivity contribution in [3.05, 3.63) is 48.0 Å². The molecule has 0 radical (unpaired) electrons. The minimum atomic E-state index is -3.73. The van der Waals surface area contributed by atoms with Crippen molar-refractivity contribution in [1.29, 1.82) is 0 Å². The van der Waals surface area contributed by atoms with E-state index in [2.05, 4.69) is 5.32 Å². The number of anilines is 1. The number of carbonyl (C=O) groups excluding carboxylic acids is 1. The van der Waals surface area contributed by atoms with Crippen LogP contribution in [-0.4, -0.2) is 56.0 Å². The van der Waals surface area contributed by atoms with Gasteiger partial charge in [-0.05, 0) is 43.2 Å². The summed E-state index contributed by atoms with van der Waals surface area (Å²) in [6.07, 6.45) is 1.47. The summed E-state index contributed by atoms with van der Waals surface area (Å²) in [5.74, 6) is -0.738. The Morgan fingerprint density at radius 2 is 1.72 bits per heavy atom. The Labute approximate surface area is 186 Å². The van der Waals surface area contributed by atoms with Gasteiger partial charge in [-0.1, -0.05) is 6.07 Å². The number of ether oxygens (including phenoxy) is 2. The number of nitrogens with one attached hydrogen (secondary N) is 1. The normalized spacial score (nSPS) is 17.4. The molecule has 2 aromatic rings. The van der Waals surface area contributed by atoms with Gasteiger partial charge in [-0.15, -0.1) is 0 Å². The minimum absolute atomic E-state index is 0.0823. The molecule has 0 atom stereocenters. The van der Waals surface area contributed by atoms with Gasteiger partial charge in [-0.2, -0.15) is 4.31 Å². The second-order valence-electron chi connectivity index (χ2n) is 7.71. The molecule has 1 saturated heterocycles. The smallest absolute Gasteiger partial charge is 0.335 e. The monoisotopic (exact) mass is 460 g/mol. The van der Waals surface area contributed by atoms with Crippen LogP contribution in [0.4, 0.5) is 5.69 Å². The van der Waals surface area contributed by atoms with Crippen LogP contribution in [0.15, 0.2) is 47.4 Å². The Kier molecular flexibility index (Phi) is 6.33. The van der Waals surface area contributed by atoms with Gasteiger partial charge in [0.2, 0.25) is 15.9 Å². The number of nitrogens with zero attached hydrogens (tertiary/aromatic N) is 1. The molecule has 0 aromatic heterocycles. The number of amides is 1. The summed E-state index contributed by atoms with van der Waals surface area (Å²) in [5, 5.41) is 11.8. The molecule has 0 saturated carbocycles. The fourth-order valence-electron chi connectivity index (χ4n) is 3.79. The van der Waals surface area contributed by atoms with Crippen molar-refractivity contribution in [2.75, 3.05) is 31.6 Å². The first-order chi connectivity index (χ1) is 15.3. The Morgan fingerprint density at radius 3 is 2.44 bits per heavy atom. The molecule has 0 spiro atoms. The molecule has 2 N–H and O–H groups in total. The van der Waals surface area contributed by atoms with Gasteiger partial charge in [0, 0.05) is 37.2 Å². The molecular formula is C22H24N2O7S. The molecule has 2 aromatic carbocycles. The zero-order valence-corrected chi connectivity index (χ0v) is 18.1. The van der Waals surface area contributed by atoms with Gasteiger partial charge in [0.05, 0.1) is 23.7 Å². The fraction of sp³-hybridized carbons (Fsp3) is 0.364. The summed E-state index contributed by atoms with van der Waals surface area (Å²) >= 11 is 0. The van der Waals surface area contributed by atoms with Crippen molar-refractivity contribution in [3.63, 3.8) is 0 Å². The molecular weight excluding hydrogens is 436 g/mol. The van der Waals surface area contributed by atoms with Crippen LogP contribution >= 0.6 is 0 Å². The van der Waals surface area contributed by atoms with E-state index in [1.165, 1.54) is 28.6 Å². The molecule has 1 fully saturated rings. The molecule has 170 valence electrons. The van der Waals surface area contributed by atoms with E-state index in [1.54, 1.807) is 18.2 Å². The third kappa shape index (κ3) is 4.71. The Hall–Kier alpha value is -3.11. The van der Waals surface area contributed by atoms with Gasteiger partial charge in [0.25, 0.3) is 0 Å². The van der Waals surface area contributed by atoms with E-state index in [4.69, 9.17) is 14.6 Å². The number of rotatable bonds is 5. The van der Waals surface area contributed by atoms with E-state index in [0.29, 0.717) is 43.2 Å². The molecule has 9 nitrogen and oxygen atoms in total. The number of hydrogen-bond acceptors (Lipinski definition) is 6. The minimum Gasteiger partial charge on any atom is -0.490 e. The number of aromatic carboxylic acids is 1. The number of hydrogen-bond donors (Lipinski definition) is 2. The van der Waals surface area contributed by atoms with Crippen LogP contribution in [0.2, 0.25) is 0 Å². The lowest BCUT2D eigenvalue weighted by Gasteiger charge is -2.30. The van der Waals surface area contributed by atoms with Crippen molar-refractivity contribution >= 4 is 27.6 Å². The predicted octanol–water partition coefficient (Wildman–Crippen LogP) is 2.59. The Bertz CT molecular complexity index is 1120. The lowest BCUT2D eigenvalue weighted by Crippen LogP contribution is -2.41. The molecule has 2 aliphatic heterocycles. The van der Waals surface area contributed by atoms with E-state index in [0.717, 1.165) is 6.42 Å². The first kappa shape index (κ1) is 22.1. The van der Waals surface area contributed by atoms with Crippen molar-refractivity contribution in [3.8, 4) is 11.5 Å². The van der Waals surface area contributed by atoms with Gasteiger partial charge in [0.15, 0.2) is 11.5 Å². The number of carbonyl (C=O) groups is 2. The Morgan fingerprint density at radius 1 is 1.00 bits per heavy atom. The number of carboxylic acids is 1. The fourth-order valence-corrected chi connectivity index (χ4v) is 5.27. The molecule has 0 aliphatic carbocycles. The highest BCUT2D eigenvalue weighted by Gasteiger charge is 2.33. The maximum Gasteiger partial charge on any atom is 0.335 e. The standard InChI is InChI=1S/C22H24N2O7S/c25-21(23-17-4-1-3-16(13-17)22(26)27)15-7-9-24(10-8-15)32(28,29)18-5-6-19-20(14-18)31-12-2-11-30-19/h1,3-6,13-15H,2,7-12H2,(H,23,25)(H,26,27). The topological polar surface area (TPSA) is 122 Å². The third-order valence-corrected chi connectivity index (χ3v) is 7.45. The summed E-state index contributed by atoms with van der Waals surface area (Å²) in [7, 11) is -3.73. The summed E-state index contributed by atoms with van der Waals surface area (Å²) in [6.45, 7) is 1.41. The van der Waals surface area contributed by atoms with Gasteiger partial charge < -0.3 is 19.9 Å². The highest BCUT2D eigenvalue weighted by atomic mass is 32.2. The van der Waals surface area contributed by atoms with Crippen molar-refractivity contribution in [2.45, 2.75) is 24.2 Å². The molecule has 4 rings (SSSR count).